The summed E-state index contributed by atoms with van der Waals surface area (Å²) in [5.41, 5.74) is 3.77. The van der Waals surface area contributed by atoms with E-state index in [0.29, 0.717) is 25.9 Å². The molecule has 1 heterocycles. The van der Waals surface area contributed by atoms with Crippen LogP contribution in [0.5, 0.6) is 0 Å². The SMILES string of the molecule is CCN(C(=O)CC(CC(=O)NCCN1CCCCC1)c1ccccc1)C1Cc2ccccc2C1. The fraction of sp³-hybridized carbons (Fsp3) is 0.517. The summed E-state index contributed by atoms with van der Waals surface area (Å²) in [6, 6.07) is 18.8. The number of carbonyl (C=O) groups excluding carboxylic acids is 2. The Hall–Kier alpha value is -2.66. The molecule has 1 atom stereocenters. The first-order chi connectivity index (χ1) is 16.6. The van der Waals surface area contributed by atoms with Gasteiger partial charge in [0.25, 0.3) is 0 Å². The fourth-order valence-electron chi connectivity index (χ4n) is 5.59. The number of nitrogens with one attached hydrogen (secondary N) is 1. The predicted molar refractivity (Wildman–Crippen MR) is 137 cm³/mol. The molecule has 2 aliphatic rings. The molecule has 1 unspecified atom stereocenters. The minimum Gasteiger partial charge on any atom is -0.355 e. The number of piperidine rings is 1. The zero-order chi connectivity index (χ0) is 23.8. The number of carbonyl (C=O) groups is 2. The van der Waals surface area contributed by atoms with E-state index in [4.69, 9.17) is 0 Å². The van der Waals surface area contributed by atoms with Gasteiger partial charge >= 0.3 is 0 Å². The van der Waals surface area contributed by atoms with Crippen molar-refractivity contribution in [3.8, 4) is 0 Å². The maximum absolute atomic E-state index is 13.5. The van der Waals surface area contributed by atoms with Gasteiger partial charge in [0.1, 0.15) is 0 Å². The second-order valence-electron chi connectivity index (χ2n) is 9.78. The van der Waals surface area contributed by atoms with Crippen molar-refractivity contribution in [3.05, 3.63) is 71.3 Å². The lowest BCUT2D eigenvalue weighted by atomic mass is 9.91. The van der Waals surface area contributed by atoms with E-state index in [1.54, 1.807) is 0 Å². The molecule has 1 aliphatic heterocycles. The van der Waals surface area contributed by atoms with Gasteiger partial charge in [0, 0.05) is 44.4 Å². The molecule has 0 bridgehead atoms. The third kappa shape index (κ3) is 6.47. The van der Waals surface area contributed by atoms with Crippen LogP contribution in [-0.2, 0) is 22.4 Å². The van der Waals surface area contributed by atoms with Crippen LogP contribution in [-0.4, -0.2) is 60.4 Å². The minimum absolute atomic E-state index is 0.0370. The molecule has 1 fully saturated rings. The van der Waals surface area contributed by atoms with Crippen LogP contribution in [0.3, 0.4) is 0 Å². The number of likely N-dealkylation sites (N-methyl/N-ethyl adjacent to an activating group) is 1. The number of fused-ring (bicyclic) bond motifs is 1. The molecule has 2 aromatic rings. The van der Waals surface area contributed by atoms with E-state index >= 15 is 0 Å². The Bertz CT molecular complexity index is 914. The normalized spacial score (nSPS) is 17.2. The van der Waals surface area contributed by atoms with E-state index in [-0.39, 0.29) is 23.8 Å². The lowest BCUT2D eigenvalue weighted by molar-refractivity contribution is -0.133. The predicted octanol–water partition coefficient (Wildman–Crippen LogP) is 4.17. The van der Waals surface area contributed by atoms with Crippen LogP contribution < -0.4 is 5.32 Å². The van der Waals surface area contributed by atoms with E-state index in [2.05, 4.69) is 41.4 Å². The molecular formula is C29H39N3O2. The number of nitrogens with zero attached hydrogens (tertiary/aromatic N) is 2. The van der Waals surface area contributed by atoms with E-state index in [1.165, 1.54) is 30.4 Å². The third-order valence-electron chi connectivity index (χ3n) is 7.45. The van der Waals surface area contributed by atoms with Crippen molar-refractivity contribution < 1.29 is 9.59 Å². The molecule has 182 valence electrons. The van der Waals surface area contributed by atoms with Crippen LogP contribution in [0.25, 0.3) is 0 Å². The lowest BCUT2D eigenvalue weighted by Gasteiger charge is -2.30. The molecular weight excluding hydrogens is 422 g/mol. The largest absolute Gasteiger partial charge is 0.355 e. The van der Waals surface area contributed by atoms with Gasteiger partial charge in [-0.15, -0.1) is 0 Å². The van der Waals surface area contributed by atoms with Crippen molar-refractivity contribution in [2.75, 3.05) is 32.7 Å². The van der Waals surface area contributed by atoms with Crippen molar-refractivity contribution in [3.63, 3.8) is 0 Å². The summed E-state index contributed by atoms with van der Waals surface area (Å²) in [7, 11) is 0. The van der Waals surface area contributed by atoms with Gasteiger partial charge in [0.05, 0.1) is 0 Å². The van der Waals surface area contributed by atoms with Gasteiger partial charge < -0.3 is 15.1 Å². The van der Waals surface area contributed by atoms with Gasteiger partial charge in [0.15, 0.2) is 0 Å². The van der Waals surface area contributed by atoms with Crippen molar-refractivity contribution >= 4 is 11.8 Å². The minimum atomic E-state index is -0.110. The summed E-state index contributed by atoms with van der Waals surface area (Å²) in [5, 5.41) is 3.11. The van der Waals surface area contributed by atoms with Crippen LogP contribution in [0.1, 0.15) is 61.6 Å². The smallest absolute Gasteiger partial charge is 0.223 e. The van der Waals surface area contributed by atoms with E-state index in [9.17, 15) is 9.59 Å². The van der Waals surface area contributed by atoms with Gasteiger partial charge in [-0.05, 0) is 62.4 Å². The summed E-state index contributed by atoms with van der Waals surface area (Å²) in [6.07, 6.45) is 6.38. The molecule has 0 spiro atoms. The highest BCUT2D eigenvalue weighted by Crippen LogP contribution is 2.29. The highest BCUT2D eigenvalue weighted by molar-refractivity contribution is 5.81. The maximum Gasteiger partial charge on any atom is 0.223 e. The summed E-state index contributed by atoms with van der Waals surface area (Å²) >= 11 is 0. The number of benzene rings is 2. The number of rotatable bonds is 10. The van der Waals surface area contributed by atoms with Crippen molar-refractivity contribution in [1.29, 1.82) is 0 Å². The van der Waals surface area contributed by atoms with Gasteiger partial charge in [-0.2, -0.15) is 0 Å². The molecule has 0 radical (unpaired) electrons. The standard InChI is InChI=1S/C29H39N3O2/c1-2-32(27-19-24-13-7-8-14-25(24)20-27)29(34)22-26(23-11-5-3-6-12-23)21-28(33)30-15-18-31-16-9-4-10-17-31/h3,5-8,11-14,26-27H,2,4,9-10,15-22H2,1H3,(H,30,33). The zero-order valence-electron chi connectivity index (χ0n) is 20.5. The molecule has 0 saturated carbocycles. The van der Waals surface area contributed by atoms with Crippen molar-refractivity contribution in [2.24, 2.45) is 0 Å². The average molecular weight is 462 g/mol. The van der Waals surface area contributed by atoms with Gasteiger partial charge in [0.2, 0.25) is 11.8 Å². The number of amides is 2. The van der Waals surface area contributed by atoms with Gasteiger partial charge in [-0.1, -0.05) is 61.0 Å². The summed E-state index contributed by atoms with van der Waals surface area (Å²) in [6.45, 7) is 6.61. The molecule has 0 aromatic heterocycles. The number of hydrogen-bond donors (Lipinski definition) is 1. The monoisotopic (exact) mass is 461 g/mol. The quantitative estimate of drug-likeness (QED) is 0.578. The van der Waals surface area contributed by atoms with Crippen LogP contribution >= 0.6 is 0 Å². The average Bonchev–Trinajstić information content (AvgIpc) is 3.29. The molecule has 1 N–H and O–H groups in total. The highest BCUT2D eigenvalue weighted by Gasteiger charge is 2.30. The van der Waals surface area contributed by atoms with E-state index in [1.807, 2.05) is 35.2 Å². The number of hydrogen-bond acceptors (Lipinski definition) is 3. The Morgan fingerprint density at radius 1 is 0.941 bits per heavy atom. The summed E-state index contributed by atoms with van der Waals surface area (Å²) in [4.78, 5) is 30.8. The molecule has 5 nitrogen and oxygen atoms in total. The maximum atomic E-state index is 13.5. The first-order valence-corrected chi connectivity index (χ1v) is 13.0. The zero-order valence-corrected chi connectivity index (χ0v) is 20.5. The Morgan fingerprint density at radius 2 is 1.59 bits per heavy atom. The summed E-state index contributed by atoms with van der Waals surface area (Å²) in [5.74, 6) is 0.0757. The third-order valence-corrected chi connectivity index (χ3v) is 7.45. The molecule has 1 aliphatic carbocycles. The Labute approximate surface area is 204 Å². The summed E-state index contributed by atoms with van der Waals surface area (Å²) < 4.78 is 0. The first kappa shape index (κ1) is 24.5. The van der Waals surface area contributed by atoms with Gasteiger partial charge in [-0.25, -0.2) is 0 Å². The number of likely N-dealkylation sites (tertiary alicyclic amines) is 1. The second kappa shape index (κ2) is 12.2. The Balaban J connectivity index is 1.35. The van der Waals surface area contributed by atoms with Gasteiger partial charge in [-0.3, -0.25) is 9.59 Å². The van der Waals surface area contributed by atoms with E-state index < -0.39 is 0 Å². The lowest BCUT2D eigenvalue weighted by Crippen LogP contribution is -2.41. The molecule has 5 heteroatoms. The second-order valence-corrected chi connectivity index (χ2v) is 9.78. The van der Waals surface area contributed by atoms with Crippen LogP contribution in [0.15, 0.2) is 54.6 Å². The van der Waals surface area contributed by atoms with E-state index in [0.717, 1.165) is 38.0 Å². The van der Waals surface area contributed by atoms with Crippen molar-refractivity contribution in [1.82, 2.24) is 15.1 Å². The highest BCUT2D eigenvalue weighted by atomic mass is 16.2. The molecule has 34 heavy (non-hydrogen) atoms. The van der Waals surface area contributed by atoms with Crippen molar-refractivity contribution in [2.45, 2.75) is 63.8 Å². The Morgan fingerprint density at radius 3 is 2.24 bits per heavy atom. The topological polar surface area (TPSA) is 52.7 Å². The molecule has 2 amide bonds. The van der Waals surface area contributed by atoms with Crippen LogP contribution in [0, 0.1) is 0 Å². The Kier molecular flexibility index (Phi) is 8.75. The van der Waals surface area contributed by atoms with Crippen LogP contribution in [0.2, 0.25) is 0 Å². The fourth-order valence-corrected chi connectivity index (χ4v) is 5.59. The first-order valence-electron chi connectivity index (χ1n) is 13.0. The van der Waals surface area contributed by atoms with Crippen LogP contribution in [0.4, 0.5) is 0 Å². The molecule has 4 rings (SSSR count). The molecule has 2 aromatic carbocycles. The molecule has 1 saturated heterocycles.